The molecule has 4 rings (SSSR count). The molecule has 1 amide bonds. The van der Waals surface area contributed by atoms with Crippen molar-refractivity contribution in [2.24, 2.45) is 5.14 Å². The average Bonchev–Trinajstić information content (AvgIpc) is 3.27. The summed E-state index contributed by atoms with van der Waals surface area (Å²) < 4.78 is 29.2. The van der Waals surface area contributed by atoms with Crippen LogP contribution in [0.4, 0.5) is 5.69 Å². The third-order valence-electron chi connectivity index (χ3n) is 5.34. The number of primary sulfonamides is 1. The van der Waals surface area contributed by atoms with Gasteiger partial charge in [-0.3, -0.25) is 4.79 Å². The molecule has 1 aromatic heterocycles. The quantitative estimate of drug-likeness (QED) is 0.457. The van der Waals surface area contributed by atoms with Gasteiger partial charge in [-0.05, 0) is 80.4 Å². The monoisotopic (exact) mass is 462 g/mol. The summed E-state index contributed by atoms with van der Waals surface area (Å²) in [6.45, 7) is 5.55. The lowest BCUT2D eigenvalue weighted by molar-refractivity contribution is 0.102. The second-order valence-corrected chi connectivity index (χ2v) is 9.33. The topological polar surface area (TPSA) is 128 Å². The number of hydrogen-bond donors (Lipinski definition) is 2. The first-order valence-corrected chi connectivity index (χ1v) is 11.6. The molecule has 0 aliphatic heterocycles. The first-order valence-electron chi connectivity index (χ1n) is 10.1. The highest BCUT2D eigenvalue weighted by atomic mass is 32.2. The van der Waals surface area contributed by atoms with Gasteiger partial charge in [0.1, 0.15) is 0 Å². The molecule has 33 heavy (non-hydrogen) atoms. The van der Waals surface area contributed by atoms with Gasteiger partial charge in [0.15, 0.2) is 0 Å². The van der Waals surface area contributed by atoms with Gasteiger partial charge in [0.25, 0.3) is 5.91 Å². The summed E-state index contributed by atoms with van der Waals surface area (Å²) in [4.78, 5) is 12.7. The minimum atomic E-state index is -3.90. The lowest BCUT2D eigenvalue weighted by atomic mass is 10.1. The van der Waals surface area contributed by atoms with Crippen LogP contribution >= 0.6 is 0 Å². The molecule has 9 heteroatoms. The zero-order chi connectivity index (χ0) is 23.8. The number of nitrogens with one attached hydrogen (secondary N) is 1. The predicted octanol–water partition coefficient (Wildman–Crippen LogP) is 4.23. The van der Waals surface area contributed by atoms with Crippen LogP contribution < -0.4 is 10.5 Å². The fourth-order valence-electron chi connectivity index (χ4n) is 3.23. The lowest BCUT2D eigenvalue weighted by Gasteiger charge is -2.13. The molecule has 0 bridgehead atoms. The predicted molar refractivity (Wildman–Crippen MR) is 125 cm³/mol. The Bertz CT molecular complexity index is 1440. The van der Waals surface area contributed by atoms with Crippen LogP contribution in [0.5, 0.6) is 0 Å². The van der Waals surface area contributed by atoms with Gasteiger partial charge in [0, 0.05) is 22.4 Å². The Balaban J connectivity index is 1.54. The first kappa shape index (κ1) is 22.4. The van der Waals surface area contributed by atoms with Crippen LogP contribution in [0, 0.1) is 20.8 Å². The Kier molecular flexibility index (Phi) is 5.84. The SMILES string of the molecule is Cc1ccc(-c2nnc(-c3ccc(C(=O)Nc4cc(S(N)(=O)=O)cc(C)c4C)cc3)o2)cc1. The summed E-state index contributed by atoms with van der Waals surface area (Å²) >= 11 is 0. The Morgan fingerprint density at radius 3 is 1.97 bits per heavy atom. The number of aromatic nitrogens is 2. The van der Waals surface area contributed by atoms with Gasteiger partial charge < -0.3 is 9.73 Å². The van der Waals surface area contributed by atoms with E-state index in [4.69, 9.17) is 9.56 Å². The summed E-state index contributed by atoms with van der Waals surface area (Å²) in [5.74, 6) is 0.360. The molecule has 3 aromatic carbocycles. The maximum absolute atomic E-state index is 12.8. The van der Waals surface area contributed by atoms with Crippen LogP contribution in [-0.2, 0) is 10.0 Å². The maximum Gasteiger partial charge on any atom is 0.255 e. The van der Waals surface area contributed by atoms with Crippen LogP contribution in [0.3, 0.4) is 0 Å². The Hall–Kier alpha value is -3.82. The van der Waals surface area contributed by atoms with Crippen molar-refractivity contribution >= 4 is 21.6 Å². The van der Waals surface area contributed by atoms with Gasteiger partial charge in [-0.1, -0.05) is 17.7 Å². The number of sulfonamides is 1. The summed E-state index contributed by atoms with van der Waals surface area (Å²) in [5, 5.41) is 16.2. The molecular formula is C24H22N4O4S. The van der Waals surface area contributed by atoms with E-state index in [0.717, 1.165) is 16.7 Å². The molecule has 0 aliphatic rings. The van der Waals surface area contributed by atoms with E-state index in [0.29, 0.717) is 34.2 Å². The number of amides is 1. The van der Waals surface area contributed by atoms with Gasteiger partial charge in [-0.2, -0.15) is 0 Å². The van der Waals surface area contributed by atoms with E-state index in [2.05, 4.69) is 15.5 Å². The zero-order valence-electron chi connectivity index (χ0n) is 18.3. The van der Waals surface area contributed by atoms with E-state index >= 15 is 0 Å². The Labute approximate surface area is 191 Å². The number of nitrogens with zero attached hydrogens (tertiary/aromatic N) is 2. The van der Waals surface area contributed by atoms with Crippen molar-refractivity contribution in [1.29, 1.82) is 0 Å². The van der Waals surface area contributed by atoms with Gasteiger partial charge >= 0.3 is 0 Å². The highest BCUT2D eigenvalue weighted by Crippen LogP contribution is 2.26. The average molecular weight is 463 g/mol. The highest BCUT2D eigenvalue weighted by molar-refractivity contribution is 7.89. The van der Waals surface area contributed by atoms with E-state index in [1.807, 2.05) is 31.2 Å². The van der Waals surface area contributed by atoms with Crippen LogP contribution in [-0.4, -0.2) is 24.5 Å². The third kappa shape index (κ3) is 4.84. The normalized spacial score (nSPS) is 11.4. The molecule has 0 spiro atoms. The number of nitrogens with two attached hydrogens (primary N) is 1. The van der Waals surface area contributed by atoms with Crippen LogP contribution in [0.1, 0.15) is 27.0 Å². The van der Waals surface area contributed by atoms with Crippen molar-refractivity contribution in [3.63, 3.8) is 0 Å². The van der Waals surface area contributed by atoms with E-state index in [1.54, 1.807) is 38.1 Å². The number of carbonyl (C=O) groups is 1. The fourth-order valence-corrected chi connectivity index (χ4v) is 3.85. The van der Waals surface area contributed by atoms with Gasteiger partial charge in [-0.15, -0.1) is 10.2 Å². The van der Waals surface area contributed by atoms with Crippen molar-refractivity contribution in [2.75, 3.05) is 5.32 Å². The van der Waals surface area contributed by atoms with Gasteiger partial charge in [0.05, 0.1) is 4.90 Å². The maximum atomic E-state index is 12.8. The van der Waals surface area contributed by atoms with Crippen LogP contribution in [0.2, 0.25) is 0 Å². The molecule has 0 fully saturated rings. The standard InChI is InChI=1S/C24H22N4O4S/c1-14-4-6-18(7-5-14)23-27-28-24(32-23)19-10-8-17(9-11-19)22(29)26-21-13-20(33(25,30)31)12-15(2)16(21)3/h4-13H,1-3H3,(H,26,29)(H2,25,30,31). The van der Waals surface area contributed by atoms with Crippen molar-refractivity contribution in [3.8, 4) is 22.9 Å². The molecule has 168 valence electrons. The van der Waals surface area contributed by atoms with E-state index in [1.165, 1.54) is 12.1 Å². The number of hydrogen-bond acceptors (Lipinski definition) is 6. The molecule has 8 nitrogen and oxygen atoms in total. The Morgan fingerprint density at radius 1 is 0.879 bits per heavy atom. The lowest BCUT2D eigenvalue weighted by Crippen LogP contribution is -2.16. The zero-order valence-corrected chi connectivity index (χ0v) is 19.1. The second-order valence-electron chi connectivity index (χ2n) is 7.77. The van der Waals surface area contributed by atoms with E-state index in [-0.39, 0.29) is 10.8 Å². The van der Waals surface area contributed by atoms with Crippen LogP contribution in [0.15, 0.2) is 70.0 Å². The molecule has 4 aromatic rings. The number of carbonyl (C=O) groups excluding carboxylic acids is 1. The van der Waals surface area contributed by atoms with Crippen molar-refractivity contribution < 1.29 is 17.6 Å². The molecule has 0 aliphatic carbocycles. The van der Waals surface area contributed by atoms with Crippen LogP contribution in [0.25, 0.3) is 22.9 Å². The molecule has 0 unspecified atom stereocenters. The smallest absolute Gasteiger partial charge is 0.255 e. The summed E-state index contributed by atoms with van der Waals surface area (Å²) in [6.07, 6.45) is 0. The summed E-state index contributed by atoms with van der Waals surface area (Å²) in [7, 11) is -3.90. The molecule has 0 atom stereocenters. The number of benzene rings is 3. The minimum Gasteiger partial charge on any atom is -0.416 e. The van der Waals surface area contributed by atoms with Crippen molar-refractivity contribution in [2.45, 2.75) is 25.7 Å². The van der Waals surface area contributed by atoms with Crippen molar-refractivity contribution in [3.05, 3.63) is 82.9 Å². The molecule has 0 saturated heterocycles. The highest BCUT2D eigenvalue weighted by Gasteiger charge is 2.16. The van der Waals surface area contributed by atoms with Gasteiger partial charge in [-0.25, -0.2) is 13.6 Å². The fraction of sp³-hybridized carbons (Fsp3) is 0.125. The Morgan fingerprint density at radius 2 is 1.42 bits per heavy atom. The molecule has 0 radical (unpaired) electrons. The molecule has 1 heterocycles. The number of aryl methyl sites for hydroxylation is 2. The van der Waals surface area contributed by atoms with E-state index in [9.17, 15) is 13.2 Å². The second kappa shape index (κ2) is 8.61. The number of rotatable bonds is 5. The van der Waals surface area contributed by atoms with Gasteiger partial charge in [0.2, 0.25) is 21.8 Å². The largest absolute Gasteiger partial charge is 0.416 e. The van der Waals surface area contributed by atoms with Crippen molar-refractivity contribution in [1.82, 2.24) is 10.2 Å². The summed E-state index contributed by atoms with van der Waals surface area (Å²) in [5.41, 5.74) is 4.84. The molecule has 0 saturated carbocycles. The summed E-state index contributed by atoms with van der Waals surface area (Å²) in [6, 6.07) is 17.3. The van der Waals surface area contributed by atoms with E-state index < -0.39 is 10.0 Å². The first-order chi connectivity index (χ1) is 15.6. The number of anilines is 1. The minimum absolute atomic E-state index is 0.0583. The molecular weight excluding hydrogens is 440 g/mol. The third-order valence-corrected chi connectivity index (χ3v) is 6.23. The molecule has 3 N–H and O–H groups in total.